The summed E-state index contributed by atoms with van der Waals surface area (Å²) < 4.78 is 0. The summed E-state index contributed by atoms with van der Waals surface area (Å²) in [7, 11) is 0. The number of hydrogen-bond acceptors (Lipinski definition) is 1. The topological polar surface area (TPSA) is 61.1 Å². The molecule has 0 unspecified atom stereocenters. The van der Waals surface area contributed by atoms with Gasteiger partial charge in [0.15, 0.2) is 0 Å². The molecule has 0 saturated carbocycles. The first kappa shape index (κ1) is 14.6. The minimum Gasteiger partial charge on any atom is -0.699 e. The van der Waals surface area contributed by atoms with Crippen molar-refractivity contribution in [3.05, 3.63) is 36.1 Å². The molecular weight excluding hydrogens is 181 g/mol. The van der Waals surface area contributed by atoms with Gasteiger partial charge in [-0.2, -0.15) is 0 Å². The van der Waals surface area contributed by atoms with E-state index in [2.05, 4.69) is 0 Å². The molecule has 0 spiro atoms. The van der Waals surface area contributed by atoms with Crippen LogP contribution < -0.4 is 51.4 Å². The molecule has 3 nitrogen and oxygen atoms in total. The zero-order chi connectivity index (χ0) is 8.69. The van der Waals surface area contributed by atoms with E-state index in [4.69, 9.17) is 15.6 Å². The average molecular weight is 191 g/mol. The van der Waals surface area contributed by atoms with E-state index >= 15 is 0 Å². The fourth-order valence-corrected chi connectivity index (χ4v) is 0.438. The third-order valence-electron chi connectivity index (χ3n) is 0.774. The van der Waals surface area contributed by atoms with Gasteiger partial charge in [-0.3, -0.25) is 4.79 Å². The zero-order valence-corrected chi connectivity index (χ0v) is 10.4. The quantitative estimate of drug-likeness (QED) is 0.560. The Morgan fingerprint density at radius 2 is 1.67 bits per heavy atom. The van der Waals surface area contributed by atoms with Crippen LogP contribution in [0, 0.1) is 0 Å². The number of aliphatic carboxylic acids is 1. The molecule has 0 fully saturated rings. The third-order valence-corrected chi connectivity index (χ3v) is 0.774. The first-order valence-corrected chi connectivity index (χ1v) is 3.09. The second-order valence-electron chi connectivity index (χ2n) is 1.89. The predicted molar refractivity (Wildman–Crippen MR) is 43.7 cm³/mol. The van der Waals surface area contributed by atoms with Crippen LogP contribution in [0.1, 0.15) is 6.92 Å². The van der Waals surface area contributed by atoms with Gasteiger partial charge in [0.2, 0.25) is 0 Å². The summed E-state index contributed by atoms with van der Waals surface area (Å²) in [5.41, 5.74) is 7.57. The first-order chi connectivity index (χ1) is 5.13. The van der Waals surface area contributed by atoms with E-state index < -0.39 is 5.97 Å². The van der Waals surface area contributed by atoms with Gasteiger partial charge in [-0.1, -0.05) is 30.3 Å². The van der Waals surface area contributed by atoms with Gasteiger partial charge >= 0.3 is 51.4 Å². The standard InChI is InChI=1S/C6H6N.C2H4O2.K/c7-6-4-2-1-3-5-6;1-2(3)4;/h1-5,7H;1H3,(H,3,4);/q-1;;+1. The zero-order valence-electron chi connectivity index (χ0n) is 7.24. The molecule has 0 amide bonds. The minimum atomic E-state index is -0.833. The summed E-state index contributed by atoms with van der Waals surface area (Å²) in [6.45, 7) is 1.08. The molecule has 4 heteroatoms. The Balaban J connectivity index is 0. The summed E-state index contributed by atoms with van der Waals surface area (Å²) in [5, 5.41) is 7.42. The van der Waals surface area contributed by atoms with Gasteiger partial charge in [0.05, 0.1) is 0 Å². The van der Waals surface area contributed by atoms with Gasteiger partial charge in [-0.05, 0) is 0 Å². The van der Waals surface area contributed by atoms with Crippen LogP contribution in [0.5, 0.6) is 0 Å². The van der Waals surface area contributed by atoms with Crippen LogP contribution in [0.4, 0.5) is 5.69 Å². The molecule has 0 aliphatic rings. The second kappa shape index (κ2) is 9.22. The van der Waals surface area contributed by atoms with Gasteiger partial charge in [0, 0.05) is 6.92 Å². The largest absolute Gasteiger partial charge is 1.00 e. The van der Waals surface area contributed by atoms with Crippen LogP contribution in [0.2, 0.25) is 0 Å². The average Bonchev–Trinajstić information content (AvgIpc) is 1.87. The number of hydrogen-bond donors (Lipinski definition) is 1. The molecule has 60 valence electrons. The molecule has 1 aromatic rings. The van der Waals surface area contributed by atoms with E-state index in [1.165, 1.54) is 0 Å². The van der Waals surface area contributed by atoms with Crippen LogP contribution in [0.25, 0.3) is 5.73 Å². The Labute approximate surface area is 114 Å². The fourth-order valence-electron chi connectivity index (χ4n) is 0.438. The van der Waals surface area contributed by atoms with Crippen molar-refractivity contribution in [2.75, 3.05) is 0 Å². The first-order valence-electron chi connectivity index (χ1n) is 3.09. The van der Waals surface area contributed by atoms with Crippen LogP contribution in [0.3, 0.4) is 0 Å². The van der Waals surface area contributed by atoms with Crippen LogP contribution in [0.15, 0.2) is 30.3 Å². The summed E-state index contributed by atoms with van der Waals surface area (Å²) in [6, 6.07) is 9.10. The minimum absolute atomic E-state index is 0. The van der Waals surface area contributed by atoms with Crippen molar-refractivity contribution < 1.29 is 61.3 Å². The molecule has 0 aromatic heterocycles. The summed E-state index contributed by atoms with van der Waals surface area (Å²) >= 11 is 0. The van der Waals surface area contributed by atoms with E-state index in [9.17, 15) is 0 Å². The van der Waals surface area contributed by atoms with Crippen LogP contribution in [-0.4, -0.2) is 11.1 Å². The van der Waals surface area contributed by atoms with Crippen LogP contribution >= 0.6 is 0 Å². The molecule has 0 atom stereocenters. The van der Waals surface area contributed by atoms with Gasteiger partial charge in [0.25, 0.3) is 5.97 Å². The van der Waals surface area contributed by atoms with E-state index in [0.717, 1.165) is 6.92 Å². The Kier molecular flexibility index (Phi) is 11.2. The van der Waals surface area contributed by atoms with Gasteiger partial charge < -0.3 is 10.8 Å². The van der Waals surface area contributed by atoms with Crippen molar-refractivity contribution in [2.45, 2.75) is 6.92 Å². The predicted octanol–water partition coefficient (Wildman–Crippen LogP) is -0.535. The molecule has 0 bridgehead atoms. The SMILES string of the molecule is CC(=O)O.[K+].[NH-]c1ccccc1. The smallest absolute Gasteiger partial charge is 0.699 e. The van der Waals surface area contributed by atoms with E-state index in [-0.39, 0.29) is 51.4 Å². The third kappa shape index (κ3) is 12.8. The maximum absolute atomic E-state index is 9.00. The van der Waals surface area contributed by atoms with Crippen LogP contribution in [-0.2, 0) is 4.79 Å². The molecule has 1 rings (SSSR count). The number of nitrogens with one attached hydrogen (secondary N) is 1. The molecule has 12 heavy (non-hydrogen) atoms. The molecule has 1 aromatic carbocycles. The van der Waals surface area contributed by atoms with E-state index in [1.54, 1.807) is 12.1 Å². The normalized spacial score (nSPS) is 7.08. The summed E-state index contributed by atoms with van der Waals surface area (Å²) in [5.74, 6) is -0.833. The van der Waals surface area contributed by atoms with Crippen molar-refractivity contribution in [1.29, 1.82) is 0 Å². The molecule has 2 N–H and O–H groups in total. The number of carboxylic acid groups (broad SMARTS) is 1. The summed E-state index contributed by atoms with van der Waals surface area (Å²) in [6.07, 6.45) is 0. The molecule has 0 radical (unpaired) electrons. The van der Waals surface area contributed by atoms with Crippen molar-refractivity contribution in [1.82, 2.24) is 0 Å². The van der Waals surface area contributed by atoms with Gasteiger partial charge in [-0.25, -0.2) is 0 Å². The second-order valence-corrected chi connectivity index (χ2v) is 1.89. The maximum atomic E-state index is 9.00. The Morgan fingerprint density at radius 3 is 1.83 bits per heavy atom. The number of benzene rings is 1. The molecule has 0 heterocycles. The van der Waals surface area contributed by atoms with Crippen molar-refractivity contribution in [2.24, 2.45) is 0 Å². The van der Waals surface area contributed by atoms with Gasteiger partial charge in [-0.15, -0.1) is 5.69 Å². The molecule has 0 saturated heterocycles. The fraction of sp³-hybridized carbons (Fsp3) is 0.125. The Bertz CT molecular complexity index is 210. The summed E-state index contributed by atoms with van der Waals surface area (Å²) in [4.78, 5) is 9.00. The monoisotopic (exact) mass is 191 g/mol. The van der Waals surface area contributed by atoms with E-state index in [0.29, 0.717) is 5.69 Å². The molecule has 0 aliphatic carbocycles. The Morgan fingerprint density at radius 1 is 1.33 bits per heavy atom. The van der Waals surface area contributed by atoms with E-state index in [1.807, 2.05) is 18.2 Å². The molecule has 0 aliphatic heterocycles. The molecular formula is C8H10KNO2. The maximum Gasteiger partial charge on any atom is 1.00 e. The Hall–Kier alpha value is 0.126. The van der Waals surface area contributed by atoms with Gasteiger partial charge in [0.1, 0.15) is 0 Å². The number of rotatable bonds is 0. The van der Waals surface area contributed by atoms with Crippen molar-refractivity contribution in [3.8, 4) is 0 Å². The van der Waals surface area contributed by atoms with Crippen molar-refractivity contribution in [3.63, 3.8) is 0 Å². The van der Waals surface area contributed by atoms with Crippen molar-refractivity contribution >= 4 is 11.7 Å². The number of carbonyl (C=O) groups is 1. The number of carboxylic acids is 1.